The van der Waals surface area contributed by atoms with Gasteiger partial charge in [0.1, 0.15) is 11.8 Å². The lowest BCUT2D eigenvalue weighted by atomic mass is 10.1. The second kappa shape index (κ2) is 9.94. The Balaban J connectivity index is 1.87. The number of rotatable bonds is 6. The van der Waals surface area contributed by atoms with Crippen molar-refractivity contribution in [3.63, 3.8) is 0 Å². The molecular weight excluding hydrogens is 418 g/mol. The SMILES string of the molecule is C/C=C/C(=N\N=C(/C)c1cccc(Cl)n1)OCc1c(C)cccc1-n1nnn(C)c1=O. The van der Waals surface area contributed by atoms with Crippen molar-refractivity contribution in [2.45, 2.75) is 27.4 Å². The van der Waals surface area contributed by atoms with Crippen LogP contribution in [-0.2, 0) is 18.4 Å². The van der Waals surface area contributed by atoms with Crippen molar-refractivity contribution < 1.29 is 4.74 Å². The molecule has 0 spiro atoms. The molecule has 0 N–H and O–H groups in total. The average Bonchev–Trinajstić information content (AvgIpc) is 3.08. The van der Waals surface area contributed by atoms with Crippen LogP contribution < -0.4 is 5.69 Å². The Hall–Kier alpha value is -3.59. The molecule has 0 unspecified atom stereocenters. The third-order valence-corrected chi connectivity index (χ3v) is 4.60. The summed E-state index contributed by atoms with van der Waals surface area (Å²) in [6.07, 6.45) is 3.50. The summed E-state index contributed by atoms with van der Waals surface area (Å²) in [6.45, 7) is 5.74. The van der Waals surface area contributed by atoms with Crippen LogP contribution in [0.2, 0.25) is 5.15 Å². The van der Waals surface area contributed by atoms with Crippen LogP contribution in [0.25, 0.3) is 5.69 Å². The van der Waals surface area contributed by atoms with Crippen molar-refractivity contribution >= 4 is 23.2 Å². The summed E-state index contributed by atoms with van der Waals surface area (Å²) >= 11 is 5.94. The predicted octanol–water partition coefficient (Wildman–Crippen LogP) is 3.24. The standard InChI is InChI=1S/C21H22ClN7O2/c1-5-8-20(25-24-15(3)17-10-7-12-19(22)23-17)31-13-16-14(2)9-6-11-18(16)29-21(30)28(4)26-27-29/h5-12H,13H2,1-4H3/b8-5+,24-15+,25-20+. The molecule has 0 amide bonds. The fourth-order valence-electron chi connectivity index (χ4n) is 2.72. The summed E-state index contributed by atoms with van der Waals surface area (Å²) in [7, 11) is 1.55. The van der Waals surface area contributed by atoms with E-state index in [1.165, 1.54) is 9.36 Å². The van der Waals surface area contributed by atoms with E-state index in [2.05, 4.69) is 25.6 Å². The molecule has 0 radical (unpaired) electrons. The molecule has 160 valence electrons. The Morgan fingerprint density at radius 2 is 1.97 bits per heavy atom. The molecule has 0 saturated carbocycles. The van der Waals surface area contributed by atoms with Gasteiger partial charge in [-0.25, -0.2) is 9.78 Å². The minimum Gasteiger partial charge on any atom is -0.472 e. The summed E-state index contributed by atoms with van der Waals surface area (Å²) in [4.78, 5) is 16.5. The zero-order chi connectivity index (χ0) is 22.4. The Morgan fingerprint density at radius 1 is 1.19 bits per heavy atom. The van der Waals surface area contributed by atoms with Gasteiger partial charge in [-0.2, -0.15) is 9.36 Å². The van der Waals surface area contributed by atoms with E-state index in [4.69, 9.17) is 16.3 Å². The van der Waals surface area contributed by atoms with Crippen molar-refractivity contribution in [2.75, 3.05) is 0 Å². The zero-order valence-electron chi connectivity index (χ0n) is 17.7. The number of ether oxygens (including phenoxy) is 1. The van der Waals surface area contributed by atoms with E-state index in [1.807, 2.05) is 26.0 Å². The van der Waals surface area contributed by atoms with Crippen LogP contribution in [0.5, 0.6) is 0 Å². The summed E-state index contributed by atoms with van der Waals surface area (Å²) in [6, 6.07) is 10.9. The topological polar surface area (TPSA) is 99.5 Å². The average molecular weight is 440 g/mol. The van der Waals surface area contributed by atoms with Crippen LogP contribution in [0.4, 0.5) is 0 Å². The van der Waals surface area contributed by atoms with E-state index in [1.54, 1.807) is 50.4 Å². The lowest BCUT2D eigenvalue weighted by molar-refractivity contribution is 0.292. The Labute approximate surface area is 184 Å². The van der Waals surface area contributed by atoms with Crippen LogP contribution in [-0.4, -0.2) is 36.4 Å². The number of nitrogens with zero attached hydrogens (tertiary/aromatic N) is 7. The molecule has 0 saturated heterocycles. The van der Waals surface area contributed by atoms with E-state index in [9.17, 15) is 4.79 Å². The number of halogens is 1. The molecule has 3 rings (SSSR count). The molecule has 0 aliphatic heterocycles. The highest BCUT2D eigenvalue weighted by Crippen LogP contribution is 2.18. The zero-order valence-corrected chi connectivity index (χ0v) is 18.4. The summed E-state index contributed by atoms with van der Waals surface area (Å²) < 4.78 is 8.32. The molecule has 0 bridgehead atoms. The number of tetrazole rings is 1. The Kier molecular flexibility index (Phi) is 7.09. The number of allylic oxidation sites excluding steroid dienone is 1. The molecule has 10 heteroatoms. The molecule has 0 atom stereocenters. The van der Waals surface area contributed by atoms with E-state index in [-0.39, 0.29) is 12.3 Å². The quantitative estimate of drug-likeness (QED) is 0.254. The third-order valence-electron chi connectivity index (χ3n) is 4.39. The van der Waals surface area contributed by atoms with Gasteiger partial charge in [-0.1, -0.05) is 35.9 Å². The van der Waals surface area contributed by atoms with Gasteiger partial charge in [0.05, 0.1) is 17.1 Å². The van der Waals surface area contributed by atoms with E-state index < -0.39 is 0 Å². The van der Waals surface area contributed by atoms with Gasteiger partial charge in [0.2, 0.25) is 5.90 Å². The summed E-state index contributed by atoms with van der Waals surface area (Å²) in [5.41, 5.74) is 3.21. The van der Waals surface area contributed by atoms with Gasteiger partial charge in [0.25, 0.3) is 0 Å². The maximum Gasteiger partial charge on any atom is 0.368 e. The maximum atomic E-state index is 12.3. The second-order valence-electron chi connectivity index (χ2n) is 6.63. The highest BCUT2D eigenvalue weighted by Gasteiger charge is 2.14. The van der Waals surface area contributed by atoms with E-state index >= 15 is 0 Å². The van der Waals surface area contributed by atoms with Gasteiger partial charge in [-0.3, -0.25) is 0 Å². The summed E-state index contributed by atoms with van der Waals surface area (Å²) in [5.74, 6) is 0.310. The molecular formula is C21H22ClN7O2. The van der Waals surface area contributed by atoms with Gasteiger partial charge in [-0.15, -0.1) is 10.2 Å². The van der Waals surface area contributed by atoms with Gasteiger partial charge in [0.15, 0.2) is 0 Å². The van der Waals surface area contributed by atoms with Crippen LogP contribution in [0, 0.1) is 6.92 Å². The molecule has 9 nitrogen and oxygen atoms in total. The third kappa shape index (κ3) is 5.32. The first-order valence-corrected chi connectivity index (χ1v) is 9.87. The first kappa shape index (κ1) is 22.1. The van der Waals surface area contributed by atoms with Crippen LogP contribution >= 0.6 is 11.6 Å². The summed E-state index contributed by atoms with van der Waals surface area (Å²) in [5, 5.41) is 16.5. The monoisotopic (exact) mass is 439 g/mol. The first-order chi connectivity index (χ1) is 14.9. The lowest BCUT2D eigenvalue weighted by Crippen LogP contribution is -2.23. The minimum absolute atomic E-state index is 0.165. The molecule has 0 fully saturated rings. The first-order valence-electron chi connectivity index (χ1n) is 9.49. The molecule has 31 heavy (non-hydrogen) atoms. The Bertz CT molecular complexity index is 1220. The largest absolute Gasteiger partial charge is 0.472 e. The second-order valence-corrected chi connectivity index (χ2v) is 7.01. The molecule has 2 heterocycles. The molecule has 3 aromatic rings. The van der Waals surface area contributed by atoms with E-state index in [0.717, 1.165) is 11.1 Å². The minimum atomic E-state index is -0.344. The number of benzene rings is 1. The van der Waals surface area contributed by atoms with Gasteiger partial charge >= 0.3 is 5.69 Å². The maximum absolute atomic E-state index is 12.3. The van der Waals surface area contributed by atoms with Gasteiger partial charge in [-0.05, 0) is 61.0 Å². The number of pyridine rings is 1. The van der Waals surface area contributed by atoms with Crippen molar-refractivity contribution in [1.82, 2.24) is 24.8 Å². The number of aryl methyl sites for hydroxylation is 2. The fourth-order valence-corrected chi connectivity index (χ4v) is 2.89. The van der Waals surface area contributed by atoms with E-state index in [0.29, 0.717) is 28.1 Å². The lowest BCUT2D eigenvalue weighted by Gasteiger charge is -2.12. The van der Waals surface area contributed by atoms with Crippen LogP contribution in [0.1, 0.15) is 30.7 Å². The Morgan fingerprint density at radius 3 is 2.65 bits per heavy atom. The molecule has 2 aromatic heterocycles. The fraction of sp³-hybridized carbons (Fsp3) is 0.238. The highest BCUT2D eigenvalue weighted by molar-refractivity contribution is 6.29. The van der Waals surface area contributed by atoms with Crippen molar-refractivity contribution in [1.29, 1.82) is 0 Å². The van der Waals surface area contributed by atoms with Crippen LogP contribution in [0.15, 0.2) is 63.5 Å². The molecule has 1 aromatic carbocycles. The normalized spacial score (nSPS) is 12.5. The van der Waals surface area contributed by atoms with Crippen LogP contribution in [0.3, 0.4) is 0 Å². The number of aromatic nitrogens is 5. The number of hydrogen-bond donors (Lipinski definition) is 0. The molecule has 0 aliphatic rings. The smallest absolute Gasteiger partial charge is 0.368 e. The van der Waals surface area contributed by atoms with Crippen molar-refractivity contribution in [3.8, 4) is 5.69 Å². The van der Waals surface area contributed by atoms with Crippen molar-refractivity contribution in [2.24, 2.45) is 17.3 Å². The van der Waals surface area contributed by atoms with Gasteiger partial charge < -0.3 is 4.74 Å². The predicted molar refractivity (Wildman–Crippen MR) is 120 cm³/mol. The molecule has 0 aliphatic carbocycles. The van der Waals surface area contributed by atoms with Crippen molar-refractivity contribution in [3.05, 3.63) is 81.0 Å². The number of hydrogen-bond acceptors (Lipinski definition) is 7. The van der Waals surface area contributed by atoms with Gasteiger partial charge in [0, 0.05) is 12.6 Å². The highest BCUT2D eigenvalue weighted by atomic mass is 35.5.